The van der Waals surface area contributed by atoms with E-state index < -0.39 is 0 Å². The van der Waals surface area contributed by atoms with Crippen molar-refractivity contribution in [2.24, 2.45) is 0 Å². The molecule has 0 N–H and O–H groups in total. The van der Waals surface area contributed by atoms with Gasteiger partial charge in [-0.1, -0.05) is 23.2 Å². The molecule has 0 spiro atoms. The van der Waals surface area contributed by atoms with Crippen molar-refractivity contribution in [2.75, 3.05) is 7.11 Å². The number of hydrogen-bond acceptors (Lipinski definition) is 4. The van der Waals surface area contributed by atoms with Crippen LogP contribution in [-0.4, -0.2) is 26.7 Å². The first-order valence-electron chi connectivity index (χ1n) is 4.74. The molecule has 2 heterocycles. The normalized spacial score (nSPS) is 11.2. The lowest BCUT2D eigenvalue weighted by Crippen LogP contribution is -1.97. The van der Waals surface area contributed by atoms with Crippen molar-refractivity contribution < 1.29 is 4.74 Å². The molecule has 0 saturated carbocycles. The van der Waals surface area contributed by atoms with Crippen LogP contribution in [0.3, 0.4) is 0 Å². The minimum absolute atomic E-state index is 0.360. The molecule has 0 fully saturated rings. The first-order chi connectivity index (χ1) is 8.22. The number of methoxy groups -OCH3 is 1. The Hall–Kier alpha value is -1.59. The standard InChI is InChI=1S/C10H6Cl2N4O/c1-17-10-9-15-13-4-16(9)8-6(12)3-2-5(11)7(8)14-10/h2-4H,1H3. The average Bonchev–Trinajstić information content (AvgIpc) is 2.81. The van der Waals surface area contributed by atoms with Gasteiger partial charge in [0, 0.05) is 0 Å². The van der Waals surface area contributed by atoms with E-state index in [1.54, 1.807) is 22.9 Å². The molecule has 3 rings (SSSR count). The van der Waals surface area contributed by atoms with E-state index in [2.05, 4.69) is 15.2 Å². The molecule has 0 unspecified atom stereocenters. The van der Waals surface area contributed by atoms with E-state index in [1.807, 2.05) is 0 Å². The third-order valence-corrected chi connectivity index (χ3v) is 3.05. The van der Waals surface area contributed by atoms with Gasteiger partial charge in [-0.3, -0.25) is 4.40 Å². The van der Waals surface area contributed by atoms with Gasteiger partial charge in [0.2, 0.25) is 5.65 Å². The maximum absolute atomic E-state index is 6.14. The number of aromatic nitrogens is 4. The second-order valence-electron chi connectivity index (χ2n) is 3.37. The summed E-state index contributed by atoms with van der Waals surface area (Å²) in [4.78, 5) is 4.29. The minimum Gasteiger partial charge on any atom is -0.478 e. The summed E-state index contributed by atoms with van der Waals surface area (Å²) in [5.74, 6) is 0.360. The Labute approximate surface area is 106 Å². The molecule has 0 saturated heterocycles. The number of benzene rings is 1. The van der Waals surface area contributed by atoms with Gasteiger partial charge in [-0.05, 0) is 12.1 Å². The van der Waals surface area contributed by atoms with Crippen LogP contribution in [-0.2, 0) is 0 Å². The summed E-state index contributed by atoms with van der Waals surface area (Å²) in [7, 11) is 1.52. The molecule has 2 aromatic heterocycles. The molecule has 0 radical (unpaired) electrons. The van der Waals surface area contributed by atoms with Crippen LogP contribution in [0.2, 0.25) is 10.0 Å². The van der Waals surface area contributed by atoms with Gasteiger partial charge in [0.1, 0.15) is 11.8 Å². The Kier molecular flexibility index (Phi) is 2.31. The van der Waals surface area contributed by atoms with E-state index in [9.17, 15) is 0 Å². The lowest BCUT2D eigenvalue weighted by Gasteiger charge is -2.07. The van der Waals surface area contributed by atoms with Crippen molar-refractivity contribution in [3.63, 3.8) is 0 Å². The van der Waals surface area contributed by atoms with Crippen LogP contribution in [0.15, 0.2) is 18.5 Å². The third kappa shape index (κ3) is 1.43. The van der Waals surface area contributed by atoms with Crippen molar-refractivity contribution in [2.45, 2.75) is 0 Å². The molecule has 0 aliphatic rings. The molecule has 0 aliphatic heterocycles. The van der Waals surface area contributed by atoms with Crippen LogP contribution in [0, 0.1) is 0 Å². The first-order valence-corrected chi connectivity index (χ1v) is 5.49. The van der Waals surface area contributed by atoms with Gasteiger partial charge in [0.05, 0.1) is 22.7 Å². The third-order valence-electron chi connectivity index (χ3n) is 2.44. The van der Waals surface area contributed by atoms with E-state index in [0.29, 0.717) is 32.6 Å². The topological polar surface area (TPSA) is 52.3 Å². The second kappa shape index (κ2) is 3.72. The van der Waals surface area contributed by atoms with E-state index in [-0.39, 0.29) is 0 Å². The molecule has 86 valence electrons. The lowest BCUT2D eigenvalue weighted by molar-refractivity contribution is 0.402. The van der Waals surface area contributed by atoms with Gasteiger partial charge >= 0.3 is 0 Å². The quantitative estimate of drug-likeness (QED) is 0.681. The van der Waals surface area contributed by atoms with E-state index in [4.69, 9.17) is 27.9 Å². The molecule has 17 heavy (non-hydrogen) atoms. The fourth-order valence-corrected chi connectivity index (χ4v) is 2.14. The summed E-state index contributed by atoms with van der Waals surface area (Å²) in [5, 5.41) is 8.79. The van der Waals surface area contributed by atoms with Gasteiger partial charge in [-0.2, -0.15) is 0 Å². The molecule has 0 bridgehead atoms. The van der Waals surface area contributed by atoms with Crippen LogP contribution < -0.4 is 4.74 Å². The van der Waals surface area contributed by atoms with Crippen molar-refractivity contribution >= 4 is 39.9 Å². The van der Waals surface area contributed by atoms with Gasteiger partial charge in [0.15, 0.2) is 0 Å². The number of ether oxygens (including phenoxy) is 1. The Morgan fingerprint density at radius 3 is 2.76 bits per heavy atom. The van der Waals surface area contributed by atoms with Crippen LogP contribution >= 0.6 is 23.2 Å². The number of rotatable bonds is 1. The zero-order valence-corrected chi connectivity index (χ0v) is 10.2. The van der Waals surface area contributed by atoms with Crippen molar-refractivity contribution in [3.05, 3.63) is 28.5 Å². The highest BCUT2D eigenvalue weighted by molar-refractivity contribution is 6.39. The summed E-state index contributed by atoms with van der Waals surface area (Å²) < 4.78 is 6.86. The van der Waals surface area contributed by atoms with Gasteiger partial charge in [-0.15, -0.1) is 10.2 Å². The van der Waals surface area contributed by atoms with E-state index in [0.717, 1.165) is 0 Å². The van der Waals surface area contributed by atoms with Crippen molar-refractivity contribution in [1.82, 2.24) is 19.6 Å². The van der Waals surface area contributed by atoms with E-state index >= 15 is 0 Å². The van der Waals surface area contributed by atoms with Crippen molar-refractivity contribution in [3.8, 4) is 5.88 Å². The molecular formula is C10H6Cl2N4O. The summed E-state index contributed by atoms with van der Waals surface area (Å²) in [5.41, 5.74) is 1.73. The molecule has 5 nitrogen and oxygen atoms in total. The van der Waals surface area contributed by atoms with Gasteiger partial charge < -0.3 is 4.74 Å². The van der Waals surface area contributed by atoms with Crippen LogP contribution in [0.25, 0.3) is 16.7 Å². The highest BCUT2D eigenvalue weighted by Gasteiger charge is 2.14. The zero-order valence-electron chi connectivity index (χ0n) is 8.69. The van der Waals surface area contributed by atoms with Crippen LogP contribution in [0.4, 0.5) is 0 Å². The number of nitrogens with zero attached hydrogens (tertiary/aromatic N) is 4. The summed E-state index contributed by atoms with van der Waals surface area (Å²) in [6.45, 7) is 0. The maximum atomic E-state index is 6.14. The molecule has 3 aromatic rings. The molecule has 7 heteroatoms. The maximum Gasteiger partial charge on any atom is 0.260 e. The zero-order chi connectivity index (χ0) is 12.0. The molecule has 1 aromatic carbocycles. The number of hydrogen-bond donors (Lipinski definition) is 0. The smallest absolute Gasteiger partial charge is 0.260 e. The Balaban J connectivity index is 2.62. The van der Waals surface area contributed by atoms with Crippen LogP contribution in [0.5, 0.6) is 5.88 Å². The van der Waals surface area contributed by atoms with Crippen LogP contribution in [0.1, 0.15) is 0 Å². The monoisotopic (exact) mass is 268 g/mol. The highest BCUT2D eigenvalue weighted by atomic mass is 35.5. The number of fused-ring (bicyclic) bond motifs is 3. The Morgan fingerprint density at radius 1 is 1.24 bits per heavy atom. The SMILES string of the molecule is COc1nc2c(Cl)ccc(Cl)c2n2cnnc12. The Bertz CT molecular complexity index is 725. The fourth-order valence-electron chi connectivity index (χ4n) is 1.70. The summed E-state index contributed by atoms with van der Waals surface area (Å²) >= 11 is 12.2. The second-order valence-corrected chi connectivity index (χ2v) is 4.19. The minimum atomic E-state index is 0.360. The molecule has 0 atom stereocenters. The van der Waals surface area contributed by atoms with E-state index in [1.165, 1.54) is 7.11 Å². The van der Waals surface area contributed by atoms with Crippen molar-refractivity contribution in [1.29, 1.82) is 0 Å². The first kappa shape index (κ1) is 10.6. The summed E-state index contributed by atoms with van der Waals surface area (Å²) in [6, 6.07) is 3.40. The highest BCUT2D eigenvalue weighted by Crippen LogP contribution is 2.31. The van der Waals surface area contributed by atoms with Gasteiger partial charge in [-0.25, -0.2) is 4.98 Å². The fraction of sp³-hybridized carbons (Fsp3) is 0.100. The van der Waals surface area contributed by atoms with Gasteiger partial charge in [0.25, 0.3) is 5.88 Å². The largest absolute Gasteiger partial charge is 0.478 e. The predicted molar refractivity (Wildman–Crippen MR) is 64.9 cm³/mol. The average molecular weight is 269 g/mol. The lowest BCUT2D eigenvalue weighted by atomic mass is 10.3. The Morgan fingerprint density at radius 2 is 2.00 bits per heavy atom. The summed E-state index contributed by atoms with van der Waals surface area (Å²) in [6.07, 6.45) is 1.55. The molecular weight excluding hydrogens is 263 g/mol. The number of halogens is 2. The molecule has 0 aliphatic carbocycles. The predicted octanol–water partition coefficient (Wildman–Crippen LogP) is 2.59. The molecule has 0 amide bonds.